The van der Waals surface area contributed by atoms with Crippen LogP contribution in [0.2, 0.25) is 0 Å². The monoisotopic (exact) mass is 398 g/mol. The van der Waals surface area contributed by atoms with Crippen LogP contribution in [0.4, 0.5) is 0 Å². The van der Waals surface area contributed by atoms with Gasteiger partial charge in [0.15, 0.2) is 6.61 Å². The van der Waals surface area contributed by atoms with Crippen LogP contribution in [-0.4, -0.2) is 43.5 Å². The van der Waals surface area contributed by atoms with E-state index in [1.54, 1.807) is 19.1 Å². The van der Waals surface area contributed by atoms with E-state index in [-0.39, 0.29) is 18.4 Å². The third-order valence-electron chi connectivity index (χ3n) is 4.83. The first kappa shape index (κ1) is 22.3. The Morgan fingerprint density at radius 1 is 1.10 bits per heavy atom. The van der Waals surface area contributed by atoms with Gasteiger partial charge >= 0.3 is 0 Å². The van der Waals surface area contributed by atoms with Crippen molar-refractivity contribution in [1.29, 1.82) is 0 Å². The zero-order valence-corrected chi connectivity index (χ0v) is 17.8. The number of nitrogens with one attached hydrogen (secondary N) is 1. The Balaban J connectivity index is 2.19. The van der Waals surface area contributed by atoms with E-state index in [0.29, 0.717) is 18.7 Å². The Morgan fingerprint density at radius 3 is 2.34 bits per heavy atom. The molecule has 0 aromatic heterocycles. The summed E-state index contributed by atoms with van der Waals surface area (Å²) in [6.45, 7) is 6.02. The number of likely N-dealkylation sites (N-methyl/N-ethyl adjacent to an activating group) is 1. The third-order valence-corrected chi connectivity index (χ3v) is 4.83. The van der Waals surface area contributed by atoms with Crippen molar-refractivity contribution in [2.75, 3.05) is 20.8 Å². The van der Waals surface area contributed by atoms with Gasteiger partial charge in [-0.05, 0) is 49.6 Å². The molecule has 0 bridgehead atoms. The van der Waals surface area contributed by atoms with Gasteiger partial charge in [0.25, 0.3) is 5.91 Å². The maximum atomic E-state index is 13.0. The lowest BCUT2D eigenvalue weighted by Gasteiger charge is -2.30. The summed E-state index contributed by atoms with van der Waals surface area (Å²) in [5.74, 6) is 0.974. The van der Waals surface area contributed by atoms with Gasteiger partial charge < -0.3 is 19.7 Å². The van der Waals surface area contributed by atoms with E-state index in [1.165, 1.54) is 0 Å². The maximum Gasteiger partial charge on any atom is 0.261 e. The molecule has 0 aliphatic heterocycles. The molecule has 0 unspecified atom stereocenters. The molecule has 2 aromatic carbocycles. The van der Waals surface area contributed by atoms with Gasteiger partial charge in [-0.1, -0.05) is 36.8 Å². The largest absolute Gasteiger partial charge is 0.497 e. The molecular formula is C23H30N2O4. The number of amides is 2. The van der Waals surface area contributed by atoms with Crippen LogP contribution in [0.3, 0.4) is 0 Å². The van der Waals surface area contributed by atoms with E-state index in [9.17, 15) is 9.59 Å². The fourth-order valence-corrected chi connectivity index (χ4v) is 3.20. The van der Waals surface area contributed by atoms with Crippen molar-refractivity contribution in [3.05, 3.63) is 59.2 Å². The number of methoxy groups -OCH3 is 1. The zero-order chi connectivity index (χ0) is 21.4. The van der Waals surface area contributed by atoms with Crippen molar-refractivity contribution in [2.45, 2.75) is 39.8 Å². The van der Waals surface area contributed by atoms with Crippen molar-refractivity contribution in [3.63, 3.8) is 0 Å². The average molecular weight is 399 g/mol. The third kappa shape index (κ3) is 5.98. The van der Waals surface area contributed by atoms with Crippen molar-refractivity contribution >= 4 is 11.8 Å². The summed E-state index contributed by atoms with van der Waals surface area (Å²) in [6.07, 6.45) is 0.505. The molecule has 29 heavy (non-hydrogen) atoms. The lowest BCUT2D eigenvalue weighted by Crippen LogP contribution is -2.49. The van der Waals surface area contributed by atoms with Gasteiger partial charge in [0.1, 0.15) is 17.5 Å². The topological polar surface area (TPSA) is 67.9 Å². The van der Waals surface area contributed by atoms with E-state index in [0.717, 1.165) is 22.4 Å². The van der Waals surface area contributed by atoms with E-state index >= 15 is 0 Å². The molecule has 1 N–H and O–H groups in total. The highest BCUT2D eigenvalue weighted by Gasteiger charge is 2.28. The highest BCUT2D eigenvalue weighted by atomic mass is 16.5. The molecule has 0 saturated heterocycles. The molecule has 0 fully saturated rings. The molecular weight excluding hydrogens is 368 g/mol. The summed E-state index contributed by atoms with van der Waals surface area (Å²) >= 11 is 0. The first-order valence-electron chi connectivity index (χ1n) is 9.73. The van der Waals surface area contributed by atoms with Gasteiger partial charge in [-0.15, -0.1) is 0 Å². The Kier molecular flexibility index (Phi) is 8.07. The minimum Gasteiger partial charge on any atom is -0.497 e. The Labute approximate surface area is 172 Å². The van der Waals surface area contributed by atoms with Crippen LogP contribution in [0, 0.1) is 13.8 Å². The van der Waals surface area contributed by atoms with E-state index < -0.39 is 6.04 Å². The van der Waals surface area contributed by atoms with E-state index in [1.807, 2.05) is 63.2 Å². The summed E-state index contributed by atoms with van der Waals surface area (Å²) in [4.78, 5) is 27.0. The van der Waals surface area contributed by atoms with E-state index in [4.69, 9.17) is 9.47 Å². The van der Waals surface area contributed by atoms with Gasteiger partial charge in [-0.2, -0.15) is 0 Å². The van der Waals surface area contributed by atoms with Gasteiger partial charge in [-0.3, -0.25) is 9.59 Å². The standard InChI is InChI=1S/C23H30N2O4/c1-6-20(23(27)24-4)25(14-18-8-10-19(28-5)11-9-18)22(26)15-29-21-12-7-16(2)13-17(21)3/h7-13,20H,6,14-15H2,1-5H3,(H,24,27)/t20-/m1/s1. The SMILES string of the molecule is CC[C@H](C(=O)NC)N(Cc1ccc(OC)cc1)C(=O)COc1ccc(C)cc1C. The smallest absolute Gasteiger partial charge is 0.261 e. The predicted molar refractivity (Wildman–Crippen MR) is 113 cm³/mol. The molecule has 0 spiro atoms. The van der Waals surface area contributed by atoms with Crippen molar-refractivity contribution in [2.24, 2.45) is 0 Å². The van der Waals surface area contributed by atoms with Gasteiger partial charge in [0.2, 0.25) is 5.91 Å². The van der Waals surface area contributed by atoms with Crippen LogP contribution in [0.5, 0.6) is 11.5 Å². The normalized spacial score (nSPS) is 11.5. The fraction of sp³-hybridized carbons (Fsp3) is 0.391. The predicted octanol–water partition coefficient (Wildman–Crippen LogP) is 3.24. The first-order chi connectivity index (χ1) is 13.9. The van der Waals surface area contributed by atoms with Crippen LogP contribution >= 0.6 is 0 Å². The minimum absolute atomic E-state index is 0.131. The second-order valence-electron chi connectivity index (χ2n) is 6.97. The van der Waals surface area contributed by atoms with Gasteiger partial charge in [0, 0.05) is 13.6 Å². The molecule has 2 aromatic rings. The molecule has 0 aliphatic rings. The Bertz CT molecular complexity index is 833. The number of hydrogen-bond donors (Lipinski definition) is 1. The summed E-state index contributed by atoms with van der Waals surface area (Å²) in [7, 11) is 3.18. The summed E-state index contributed by atoms with van der Waals surface area (Å²) in [5.41, 5.74) is 3.01. The maximum absolute atomic E-state index is 13.0. The van der Waals surface area contributed by atoms with Gasteiger partial charge in [-0.25, -0.2) is 0 Å². The second kappa shape index (κ2) is 10.5. The quantitative estimate of drug-likeness (QED) is 0.704. The van der Waals surface area contributed by atoms with Crippen LogP contribution in [-0.2, 0) is 16.1 Å². The molecule has 6 heteroatoms. The average Bonchev–Trinajstić information content (AvgIpc) is 2.73. The second-order valence-corrected chi connectivity index (χ2v) is 6.97. The Hall–Kier alpha value is -3.02. The number of ether oxygens (including phenoxy) is 2. The molecule has 156 valence electrons. The van der Waals surface area contributed by atoms with Crippen molar-refractivity contribution in [1.82, 2.24) is 10.2 Å². The summed E-state index contributed by atoms with van der Waals surface area (Å²) in [5, 5.41) is 2.65. The molecule has 1 atom stereocenters. The number of benzene rings is 2. The number of hydrogen-bond acceptors (Lipinski definition) is 4. The highest BCUT2D eigenvalue weighted by molar-refractivity contribution is 5.88. The summed E-state index contributed by atoms with van der Waals surface area (Å²) < 4.78 is 11.0. The molecule has 0 aliphatic carbocycles. The Morgan fingerprint density at radius 2 is 1.79 bits per heavy atom. The zero-order valence-electron chi connectivity index (χ0n) is 17.8. The number of aryl methyl sites for hydroxylation is 2. The van der Waals surface area contributed by atoms with Crippen LogP contribution in [0.1, 0.15) is 30.0 Å². The first-order valence-corrected chi connectivity index (χ1v) is 9.73. The highest BCUT2D eigenvalue weighted by Crippen LogP contribution is 2.20. The number of nitrogens with zero attached hydrogens (tertiary/aromatic N) is 1. The van der Waals surface area contributed by atoms with Crippen LogP contribution in [0.25, 0.3) is 0 Å². The minimum atomic E-state index is -0.572. The lowest BCUT2D eigenvalue weighted by molar-refractivity contribution is -0.142. The van der Waals surface area contributed by atoms with Crippen molar-refractivity contribution in [3.8, 4) is 11.5 Å². The molecule has 2 rings (SSSR count). The molecule has 2 amide bonds. The van der Waals surface area contributed by atoms with Crippen molar-refractivity contribution < 1.29 is 19.1 Å². The fourth-order valence-electron chi connectivity index (χ4n) is 3.20. The van der Waals surface area contributed by atoms with Crippen LogP contribution in [0.15, 0.2) is 42.5 Å². The molecule has 6 nitrogen and oxygen atoms in total. The molecule has 0 saturated carbocycles. The molecule has 0 heterocycles. The number of carbonyl (C=O) groups is 2. The van der Waals surface area contributed by atoms with Crippen LogP contribution < -0.4 is 14.8 Å². The van der Waals surface area contributed by atoms with E-state index in [2.05, 4.69) is 5.32 Å². The molecule has 0 radical (unpaired) electrons. The van der Waals surface area contributed by atoms with Gasteiger partial charge in [0.05, 0.1) is 7.11 Å². The number of rotatable bonds is 9. The lowest BCUT2D eigenvalue weighted by atomic mass is 10.1. The number of carbonyl (C=O) groups excluding carboxylic acids is 2. The summed E-state index contributed by atoms with van der Waals surface area (Å²) in [6, 6.07) is 12.7.